The summed E-state index contributed by atoms with van der Waals surface area (Å²) < 4.78 is 7.36. The van der Waals surface area contributed by atoms with Gasteiger partial charge in [-0.25, -0.2) is 0 Å². The topological polar surface area (TPSA) is 26.3 Å². The average molecular weight is 363 g/mol. The first kappa shape index (κ1) is 18.8. The van der Waals surface area contributed by atoms with E-state index in [4.69, 9.17) is 16.3 Å². The first-order valence-electron chi connectivity index (χ1n) is 8.35. The number of hydrogen-bond acceptors (Lipinski definition) is 3. The highest BCUT2D eigenvalue weighted by Crippen LogP contribution is 2.35. The molecule has 0 aliphatic heterocycles. The predicted molar refractivity (Wildman–Crippen MR) is 105 cm³/mol. The van der Waals surface area contributed by atoms with Gasteiger partial charge in [0, 0.05) is 25.2 Å². The summed E-state index contributed by atoms with van der Waals surface area (Å²) >= 11 is 7.77. The Labute approximate surface area is 152 Å². The molecule has 0 aliphatic carbocycles. The molecule has 0 unspecified atom stereocenters. The third-order valence-electron chi connectivity index (χ3n) is 3.65. The lowest BCUT2D eigenvalue weighted by atomic mass is 10.1. The van der Waals surface area contributed by atoms with Crippen molar-refractivity contribution in [1.29, 1.82) is 0 Å². The van der Waals surface area contributed by atoms with Crippen molar-refractivity contribution in [3.05, 3.63) is 47.0 Å². The minimum absolute atomic E-state index is 0.184. The zero-order chi connectivity index (χ0) is 17.5. The summed E-state index contributed by atoms with van der Waals surface area (Å²) in [5.74, 6) is -0.184. The Balaban J connectivity index is 0.000000471. The van der Waals surface area contributed by atoms with Gasteiger partial charge in [0.05, 0.1) is 13.0 Å². The third kappa shape index (κ3) is 4.71. The lowest BCUT2D eigenvalue weighted by Crippen LogP contribution is -2.07. The van der Waals surface area contributed by atoms with E-state index in [2.05, 4.69) is 26.0 Å². The van der Waals surface area contributed by atoms with Crippen LogP contribution in [0.3, 0.4) is 0 Å². The van der Waals surface area contributed by atoms with Crippen LogP contribution in [0.15, 0.2) is 36.4 Å². The van der Waals surface area contributed by atoms with E-state index in [1.54, 1.807) is 11.3 Å². The Kier molecular flexibility index (Phi) is 7.07. The number of rotatable bonds is 4. The molecule has 0 radical (unpaired) electrons. The molecule has 1 aromatic heterocycles. The molecule has 0 amide bonds. The Bertz CT molecular complexity index is 821. The highest BCUT2D eigenvalue weighted by Gasteiger charge is 2.09. The number of unbranched alkanes of at least 4 members (excludes halogenated alkanes) is 1. The maximum atomic E-state index is 11.5. The van der Waals surface area contributed by atoms with E-state index in [0.29, 0.717) is 13.0 Å². The highest BCUT2D eigenvalue weighted by atomic mass is 35.5. The number of hydrogen-bond donors (Lipinski definition) is 0. The van der Waals surface area contributed by atoms with E-state index in [-0.39, 0.29) is 5.97 Å². The molecule has 2 aromatic carbocycles. The predicted octanol–water partition coefficient (Wildman–Crippen LogP) is 6.62. The molecule has 3 rings (SSSR count). The lowest BCUT2D eigenvalue weighted by molar-refractivity contribution is -0.142. The quantitative estimate of drug-likeness (QED) is 0.487. The van der Waals surface area contributed by atoms with Gasteiger partial charge in [-0.1, -0.05) is 50.4 Å². The normalized spacial score (nSPS) is 10.5. The van der Waals surface area contributed by atoms with Crippen molar-refractivity contribution in [3.8, 4) is 0 Å². The summed E-state index contributed by atoms with van der Waals surface area (Å²) in [4.78, 5) is 11.5. The molecule has 2 nitrogen and oxygen atoms in total. The van der Waals surface area contributed by atoms with Gasteiger partial charge in [0.25, 0.3) is 0 Å². The molecule has 3 aromatic rings. The molecule has 24 heavy (non-hydrogen) atoms. The van der Waals surface area contributed by atoms with E-state index < -0.39 is 0 Å². The maximum absolute atomic E-state index is 11.5. The molecule has 0 N–H and O–H groups in total. The maximum Gasteiger partial charge on any atom is 0.310 e. The highest BCUT2D eigenvalue weighted by molar-refractivity contribution is 7.25. The van der Waals surface area contributed by atoms with Crippen LogP contribution in [0.2, 0.25) is 5.02 Å². The summed E-state index contributed by atoms with van der Waals surface area (Å²) in [6.07, 6.45) is 2.96. The van der Waals surface area contributed by atoms with Gasteiger partial charge in [0.2, 0.25) is 0 Å². The van der Waals surface area contributed by atoms with Crippen LogP contribution in [-0.4, -0.2) is 12.6 Å². The van der Waals surface area contributed by atoms with Crippen molar-refractivity contribution in [1.82, 2.24) is 0 Å². The fraction of sp³-hybridized carbons (Fsp3) is 0.350. The Morgan fingerprint density at radius 3 is 2.42 bits per heavy atom. The first-order valence-corrected chi connectivity index (χ1v) is 9.54. The summed E-state index contributed by atoms with van der Waals surface area (Å²) in [6, 6.07) is 12.0. The van der Waals surface area contributed by atoms with Gasteiger partial charge >= 0.3 is 5.97 Å². The zero-order valence-corrected chi connectivity index (χ0v) is 16.0. The zero-order valence-electron chi connectivity index (χ0n) is 14.4. The van der Waals surface area contributed by atoms with Crippen LogP contribution in [0.5, 0.6) is 0 Å². The number of esters is 1. The van der Waals surface area contributed by atoms with Crippen molar-refractivity contribution in [3.63, 3.8) is 0 Å². The van der Waals surface area contributed by atoms with Gasteiger partial charge in [-0.05, 0) is 36.8 Å². The Morgan fingerprint density at radius 1 is 1.00 bits per heavy atom. The Hall–Kier alpha value is -1.58. The second-order valence-electron chi connectivity index (χ2n) is 5.55. The van der Waals surface area contributed by atoms with Crippen LogP contribution in [0.4, 0.5) is 0 Å². The molecule has 0 saturated carbocycles. The second kappa shape index (κ2) is 9.05. The molecule has 0 spiro atoms. The molecule has 128 valence electrons. The summed E-state index contributed by atoms with van der Waals surface area (Å²) in [5, 5.41) is 3.09. The van der Waals surface area contributed by atoms with Gasteiger partial charge in [0.15, 0.2) is 0 Å². The van der Waals surface area contributed by atoms with Gasteiger partial charge < -0.3 is 4.74 Å². The minimum Gasteiger partial charge on any atom is -0.466 e. The first-order chi connectivity index (χ1) is 11.6. The van der Waals surface area contributed by atoms with Crippen LogP contribution in [0.1, 0.15) is 39.2 Å². The van der Waals surface area contributed by atoms with Gasteiger partial charge in [-0.15, -0.1) is 11.3 Å². The number of carbonyl (C=O) groups is 1. The molecule has 1 heterocycles. The number of halogens is 1. The number of thiophene rings is 1. The van der Waals surface area contributed by atoms with E-state index in [1.807, 2.05) is 31.2 Å². The largest absolute Gasteiger partial charge is 0.466 e. The average Bonchev–Trinajstić information content (AvgIpc) is 2.92. The molecule has 0 atom stereocenters. The van der Waals surface area contributed by atoms with E-state index in [0.717, 1.165) is 10.6 Å². The van der Waals surface area contributed by atoms with Crippen molar-refractivity contribution in [2.24, 2.45) is 0 Å². The van der Waals surface area contributed by atoms with Gasteiger partial charge in [-0.3, -0.25) is 4.79 Å². The van der Waals surface area contributed by atoms with E-state index in [9.17, 15) is 4.79 Å². The van der Waals surface area contributed by atoms with Crippen LogP contribution in [0.25, 0.3) is 20.2 Å². The van der Waals surface area contributed by atoms with Crippen molar-refractivity contribution < 1.29 is 9.53 Å². The van der Waals surface area contributed by atoms with E-state index >= 15 is 0 Å². The monoisotopic (exact) mass is 362 g/mol. The van der Waals surface area contributed by atoms with Gasteiger partial charge in [0.1, 0.15) is 0 Å². The smallest absolute Gasteiger partial charge is 0.310 e. The van der Waals surface area contributed by atoms with Crippen molar-refractivity contribution in [2.75, 3.05) is 6.61 Å². The second-order valence-corrected chi connectivity index (χ2v) is 7.08. The number of carbonyl (C=O) groups excluding carboxylic acids is 1. The van der Waals surface area contributed by atoms with Crippen molar-refractivity contribution in [2.45, 2.75) is 40.0 Å². The van der Waals surface area contributed by atoms with Gasteiger partial charge in [-0.2, -0.15) is 0 Å². The van der Waals surface area contributed by atoms with Crippen molar-refractivity contribution >= 4 is 49.1 Å². The van der Waals surface area contributed by atoms with E-state index in [1.165, 1.54) is 33.0 Å². The SMILES string of the molecule is CCCC.CCOC(=O)Cc1ccc2c(c1)sc1ccc(Cl)cc12. The number of fused-ring (bicyclic) bond motifs is 3. The molecule has 0 bridgehead atoms. The number of benzene rings is 2. The minimum atomic E-state index is -0.184. The Morgan fingerprint density at radius 2 is 1.75 bits per heavy atom. The molecule has 0 saturated heterocycles. The number of ether oxygens (including phenoxy) is 1. The fourth-order valence-corrected chi connectivity index (χ4v) is 3.60. The fourth-order valence-electron chi connectivity index (χ4n) is 2.28. The van der Waals surface area contributed by atoms with Crippen LogP contribution < -0.4 is 0 Å². The molecule has 0 fully saturated rings. The van der Waals surface area contributed by atoms with Crippen LogP contribution in [-0.2, 0) is 16.0 Å². The molecular formula is C20H23ClO2S. The standard InChI is InChI=1S/C16H13ClO2S.C4H10/c1-2-19-16(18)8-10-3-5-12-13-9-11(17)4-6-14(13)20-15(12)7-10;1-3-4-2/h3-7,9H,2,8H2,1H3;3-4H2,1-2H3. The summed E-state index contributed by atoms with van der Waals surface area (Å²) in [6.45, 7) is 6.60. The summed E-state index contributed by atoms with van der Waals surface area (Å²) in [5.41, 5.74) is 0.980. The lowest BCUT2D eigenvalue weighted by Gasteiger charge is -2.02. The third-order valence-corrected chi connectivity index (χ3v) is 5.02. The molecular weight excluding hydrogens is 340 g/mol. The molecule has 4 heteroatoms. The van der Waals surface area contributed by atoms with Crippen LogP contribution >= 0.6 is 22.9 Å². The summed E-state index contributed by atoms with van der Waals surface area (Å²) in [7, 11) is 0. The van der Waals surface area contributed by atoms with Crippen LogP contribution in [0, 0.1) is 0 Å². The molecule has 0 aliphatic rings.